The van der Waals surface area contributed by atoms with Crippen molar-refractivity contribution >= 4 is 16.5 Å². The van der Waals surface area contributed by atoms with Gasteiger partial charge in [0.15, 0.2) is 0 Å². The Balaban J connectivity index is 2.27. The highest BCUT2D eigenvalue weighted by molar-refractivity contribution is 5.98. The van der Waals surface area contributed by atoms with E-state index in [2.05, 4.69) is 6.92 Å². The van der Waals surface area contributed by atoms with Crippen LogP contribution in [-0.2, 0) is 6.42 Å². The molecule has 4 rings (SSSR count). The van der Waals surface area contributed by atoms with Crippen LogP contribution in [0.1, 0.15) is 29.2 Å². The van der Waals surface area contributed by atoms with Gasteiger partial charge in [0.1, 0.15) is 23.7 Å². The molecule has 0 unspecified atom stereocenters. The highest BCUT2D eigenvalue weighted by atomic mass is 16.5. The van der Waals surface area contributed by atoms with Crippen LogP contribution in [0.4, 0.5) is 0 Å². The molecule has 1 aromatic carbocycles. The summed E-state index contributed by atoms with van der Waals surface area (Å²) in [6, 6.07) is 0. The average Bonchev–Trinajstić information content (AvgIpc) is 2.52. The van der Waals surface area contributed by atoms with Crippen LogP contribution >= 0.6 is 0 Å². The predicted octanol–water partition coefficient (Wildman–Crippen LogP) is 3.65. The molecule has 3 heterocycles. The predicted molar refractivity (Wildman–Crippen MR) is 84.6 cm³/mol. The Morgan fingerprint density at radius 1 is 1.09 bits per heavy atom. The maximum atomic E-state index is 12.1. The fraction of sp³-hybridized carbons (Fsp3) is 0.278. The van der Waals surface area contributed by atoms with Crippen molar-refractivity contribution in [3.05, 3.63) is 51.1 Å². The molecule has 22 heavy (non-hydrogen) atoms. The van der Waals surface area contributed by atoms with Gasteiger partial charge in [-0.3, -0.25) is 0 Å². The van der Waals surface area contributed by atoms with Crippen molar-refractivity contribution in [2.45, 2.75) is 27.2 Å². The van der Waals surface area contributed by atoms with E-state index in [4.69, 9.17) is 13.9 Å². The van der Waals surface area contributed by atoms with Gasteiger partial charge in [0, 0.05) is 17.5 Å². The van der Waals surface area contributed by atoms with Crippen LogP contribution in [0.2, 0.25) is 0 Å². The third kappa shape index (κ3) is 1.61. The summed E-state index contributed by atoms with van der Waals surface area (Å²) in [6.07, 6.45) is 6.32. The van der Waals surface area contributed by atoms with Gasteiger partial charge in [0.25, 0.3) is 0 Å². The number of allylic oxidation sites excluding steroid dienone is 2. The highest BCUT2D eigenvalue weighted by Gasteiger charge is 2.28. The van der Waals surface area contributed by atoms with E-state index in [-0.39, 0.29) is 5.63 Å². The van der Waals surface area contributed by atoms with Gasteiger partial charge in [0.05, 0.1) is 17.2 Å². The van der Waals surface area contributed by atoms with E-state index < -0.39 is 0 Å². The number of hydrogen-bond donors (Lipinski definition) is 0. The molecule has 0 fully saturated rings. The first-order chi connectivity index (χ1) is 10.6. The Labute approximate surface area is 127 Å². The van der Waals surface area contributed by atoms with Gasteiger partial charge in [-0.15, -0.1) is 0 Å². The van der Waals surface area contributed by atoms with E-state index in [0.717, 1.165) is 39.1 Å². The van der Waals surface area contributed by atoms with Crippen LogP contribution in [0, 0.1) is 13.8 Å². The summed E-state index contributed by atoms with van der Waals surface area (Å²) < 4.78 is 17.3. The Morgan fingerprint density at radius 3 is 2.73 bits per heavy atom. The van der Waals surface area contributed by atoms with Crippen LogP contribution in [-0.4, -0.2) is 6.61 Å². The number of rotatable bonds is 0. The molecule has 4 heteroatoms. The van der Waals surface area contributed by atoms with Gasteiger partial charge in [-0.05, 0) is 44.1 Å². The van der Waals surface area contributed by atoms with E-state index in [9.17, 15) is 4.79 Å². The van der Waals surface area contributed by atoms with Gasteiger partial charge >= 0.3 is 5.63 Å². The first-order valence-electron chi connectivity index (χ1n) is 7.34. The van der Waals surface area contributed by atoms with E-state index in [0.29, 0.717) is 24.2 Å². The molecule has 0 radical (unpaired) electrons. The van der Waals surface area contributed by atoms with Gasteiger partial charge in [0.2, 0.25) is 0 Å². The average molecular weight is 296 g/mol. The molecular weight excluding hydrogens is 280 g/mol. The summed E-state index contributed by atoms with van der Waals surface area (Å²) in [5, 5.41) is 0.886. The van der Waals surface area contributed by atoms with Gasteiger partial charge in [-0.1, -0.05) is 0 Å². The zero-order valence-corrected chi connectivity index (χ0v) is 12.8. The summed E-state index contributed by atoms with van der Waals surface area (Å²) in [6.45, 7) is 6.29. The normalized spacial score (nSPS) is 15.7. The molecule has 0 amide bonds. The zero-order valence-electron chi connectivity index (χ0n) is 12.8. The van der Waals surface area contributed by atoms with Gasteiger partial charge < -0.3 is 13.9 Å². The third-order valence-corrected chi connectivity index (χ3v) is 4.51. The minimum atomic E-state index is -0.301. The molecule has 2 aromatic rings. The highest BCUT2D eigenvalue weighted by Crippen LogP contribution is 2.48. The van der Waals surface area contributed by atoms with Crippen LogP contribution in [0.5, 0.6) is 11.5 Å². The van der Waals surface area contributed by atoms with Crippen molar-refractivity contribution in [3.8, 4) is 11.5 Å². The van der Waals surface area contributed by atoms with Crippen LogP contribution in [0.25, 0.3) is 16.5 Å². The van der Waals surface area contributed by atoms with E-state index in [1.807, 2.05) is 19.1 Å². The summed E-state index contributed by atoms with van der Waals surface area (Å²) >= 11 is 0. The molecular formula is C18H16O4. The summed E-state index contributed by atoms with van der Waals surface area (Å²) in [5.74, 6) is 1.50. The molecule has 0 saturated carbocycles. The van der Waals surface area contributed by atoms with Gasteiger partial charge in [-0.2, -0.15) is 0 Å². The molecule has 112 valence electrons. The minimum Gasteiger partial charge on any atom is -0.488 e. The summed E-state index contributed by atoms with van der Waals surface area (Å²) in [7, 11) is 0. The Kier molecular flexibility index (Phi) is 2.70. The second-order valence-electron chi connectivity index (χ2n) is 5.75. The number of ether oxygens (including phenoxy) is 2. The zero-order chi connectivity index (χ0) is 15.4. The minimum absolute atomic E-state index is 0.301. The van der Waals surface area contributed by atoms with Crippen molar-refractivity contribution in [3.63, 3.8) is 0 Å². The maximum absolute atomic E-state index is 12.1. The fourth-order valence-corrected chi connectivity index (χ4v) is 3.15. The van der Waals surface area contributed by atoms with E-state index >= 15 is 0 Å². The standard InChI is InChI=1S/C18H16O4/c1-9-6-8-21-17-13(9)15-12(5-4-7-20-15)16-14(17)10(2)11(3)18(19)22-16/h4,6-7H,5,8H2,1-3H3. The molecule has 0 atom stereocenters. The SMILES string of the molecule is CC1=CCOc2c1c1c(c3oc(=O)c(C)c(C)c23)CC=CO1. The molecule has 0 spiro atoms. The first-order valence-corrected chi connectivity index (χ1v) is 7.34. The Bertz CT molecular complexity index is 929. The summed E-state index contributed by atoms with van der Waals surface area (Å²) in [5.41, 5.74) is 4.82. The number of aryl methyl sites for hydroxylation is 1. The van der Waals surface area contributed by atoms with Crippen LogP contribution < -0.4 is 15.1 Å². The van der Waals surface area contributed by atoms with Crippen molar-refractivity contribution in [1.82, 2.24) is 0 Å². The molecule has 0 saturated heterocycles. The topological polar surface area (TPSA) is 48.7 Å². The molecule has 2 aliphatic rings. The second-order valence-corrected chi connectivity index (χ2v) is 5.75. The van der Waals surface area contributed by atoms with Crippen molar-refractivity contribution in [2.75, 3.05) is 6.61 Å². The molecule has 0 bridgehead atoms. The molecule has 4 nitrogen and oxygen atoms in total. The third-order valence-electron chi connectivity index (χ3n) is 4.51. The number of fused-ring (bicyclic) bond motifs is 6. The summed E-state index contributed by atoms with van der Waals surface area (Å²) in [4.78, 5) is 12.1. The molecule has 0 N–H and O–H groups in total. The molecule has 2 aliphatic heterocycles. The smallest absolute Gasteiger partial charge is 0.339 e. The lowest BCUT2D eigenvalue weighted by molar-refractivity contribution is 0.356. The van der Waals surface area contributed by atoms with Gasteiger partial charge in [-0.25, -0.2) is 4.79 Å². The lowest BCUT2D eigenvalue weighted by Crippen LogP contribution is -2.13. The lowest BCUT2D eigenvalue weighted by Gasteiger charge is -2.25. The van der Waals surface area contributed by atoms with Crippen LogP contribution in [0.3, 0.4) is 0 Å². The monoisotopic (exact) mass is 296 g/mol. The van der Waals surface area contributed by atoms with Crippen molar-refractivity contribution in [1.29, 1.82) is 0 Å². The van der Waals surface area contributed by atoms with E-state index in [1.165, 1.54) is 0 Å². The Morgan fingerprint density at radius 2 is 1.91 bits per heavy atom. The van der Waals surface area contributed by atoms with Crippen LogP contribution in [0.15, 0.2) is 27.6 Å². The lowest BCUT2D eigenvalue weighted by atomic mass is 9.91. The quantitative estimate of drug-likeness (QED) is 0.696. The first kappa shape index (κ1) is 13.2. The number of benzene rings is 1. The molecule has 0 aliphatic carbocycles. The Hall–Kier alpha value is -2.49. The largest absolute Gasteiger partial charge is 0.488 e. The maximum Gasteiger partial charge on any atom is 0.339 e. The van der Waals surface area contributed by atoms with E-state index in [1.54, 1.807) is 13.2 Å². The van der Waals surface area contributed by atoms with Crippen molar-refractivity contribution < 1.29 is 13.9 Å². The second kappa shape index (κ2) is 4.50. The number of hydrogen-bond acceptors (Lipinski definition) is 4. The van der Waals surface area contributed by atoms with Crippen molar-refractivity contribution in [2.24, 2.45) is 0 Å². The fourth-order valence-electron chi connectivity index (χ4n) is 3.15. The molecule has 1 aromatic heterocycles.